The summed E-state index contributed by atoms with van der Waals surface area (Å²) in [5.74, 6) is 0.775. The first-order chi connectivity index (χ1) is 12.1. The van der Waals surface area contributed by atoms with E-state index in [4.69, 9.17) is 9.47 Å². The molecule has 3 heterocycles. The van der Waals surface area contributed by atoms with Crippen LogP contribution in [0.25, 0.3) is 6.08 Å². The molecule has 3 aliphatic heterocycles. The number of fused-ring (bicyclic) bond motifs is 1. The van der Waals surface area contributed by atoms with Crippen LogP contribution in [0.5, 0.6) is 5.75 Å². The van der Waals surface area contributed by atoms with E-state index in [1.54, 1.807) is 4.90 Å². The molecule has 25 heavy (non-hydrogen) atoms. The average Bonchev–Trinajstić information content (AvgIpc) is 3.03. The smallest absolute Gasteiger partial charge is 0.253 e. The van der Waals surface area contributed by atoms with Gasteiger partial charge in [-0.1, -0.05) is 18.2 Å². The van der Waals surface area contributed by atoms with E-state index in [1.165, 1.54) is 0 Å². The van der Waals surface area contributed by atoms with Gasteiger partial charge in [0.25, 0.3) is 5.91 Å². The Labute approximate surface area is 147 Å². The van der Waals surface area contributed by atoms with Crippen molar-refractivity contribution in [1.82, 2.24) is 9.80 Å². The van der Waals surface area contributed by atoms with E-state index in [0.29, 0.717) is 44.8 Å². The highest BCUT2D eigenvalue weighted by atomic mass is 16.5. The van der Waals surface area contributed by atoms with Crippen molar-refractivity contribution in [2.45, 2.75) is 12.0 Å². The maximum absolute atomic E-state index is 12.8. The lowest BCUT2D eigenvalue weighted by Crippen LogP contribution is -2.49. The summed E-state index contributed by atoms with van der Waals surface area (Å²) >= 11 is 0. The first-order valence-electron chi connectivity index (χ1n) is 8.87. The minimum Gasteiger partial charge on any atom is -0.488 e. The number of carbonyl (C=O) groups excluding carboxylic acids is 1. The summed E-state index contributed by atoms with van der Waals surface area (Å²) in [4.78, 5) is 16.8. The standard InChI is InChI=1S/C19H24N2O4/c22-18(16-11-15-3-1-2-4-17(15)25-12-16)21-6-5-19(23,14-21)13-20-7-9-24-10-8-20/h1-4,11,23H,5-10,12-14H2. The van der Waals surface area contributed by atoms with E-state index >= 15 is 0 Å². The summed E-state index contributed by atoms with van der Waals surface area (Å²) in [7, 11) is 0. The van der Waals surface area contributed by atoms with E-state index in [9.17, 15) is 9.90 Å². The van der Waals surface area contributed by atoms with Gasteiger partial charge in [-0.15, -0.1) is 0 Å². The Morgan fingerprint density at radius 1 is 1.20 bits per heavy atom. The third-order valence-corrected chi connectivity index (χ3v) is 5.15. The number of ether oxygens (including phenoxy) is 2. The lowest BCUT2D eigenvalue weighted by atomic mass is 10.0. The number of nitrogens with zero attached hydrogens (tertiary/aromatic N) is 2. The molecule has 1 N–H and O–H groups in total. The van der Waals surface area contributed by atoms with Crippen molar-refractivity contribution < 1.29 is 19.4 Å². The van der Waals surface area contributed by atoms with Gasteiger partial charge in [0.15, 0.2) is 0 Å². The number of morpholine rings is 1. The van der Waals surface area contributed by atoms with Gasteiger partial charge in [-0.25, -0.2) is 0 Å². The number of hydrogen-bond donors (Lipinski definition) is 1. The second-order valence-corrected chi connectivity index (χ2v) is 7.09. The van der Waals surface area contributed by atoms with Crippen molar-refractivity contribution in [3.63, 3.8) is 0 Å². The predicted molar refractivity (Wildman–Crippen MR) is 93.3 cm³/mol. The van der Waals surface area contributed by atoms with Crippen molar-refractivity contribution >= 4 is 12.0 Å². The first kappa shape index (κ1) is 16.6. The lowest BCUT2D eigenvalue weighted by molar-refractivity contribution is -0.127. The summed E-state index contributed by atoms with van der Waals surface area (Å²) in [5.41, 5.74) is 0.746. The number of β-amino-alcohol motifs (C(OH)–C–C–N with tert-alkyl or cyclic N) is 1. The van der Waals surface area contributed by atoms with E-state index in [0.717, 1.165) is 24.4 Å². The number of likely N-dealkylation sites (tertiary alicyclic amines) is 1. The molecule has 1 aromatic carbocycles. The molecule has 1 unspecified atom stereocenters. The van der Waals surface area contributed by atoms with Crippen LogP contribution in [0.1, 0.15) is 12.0 Å². The van der Waals surface area contributed by atoms with Gasteiger partial charge in [0, 0.05) is 31.7 Å². The van der Waals surface area contributed by atoms with Crippen molar-refractivity contribution in [3.8, 4) is 5.75 Å². The fraction of sp³-hybridized carbons (Fsp3) is 0.526. The number of hydrogen-bond acceptors (Lipinski definition) is 5. The van der Waals surface area contributed by atoms with E-state index < -0.39 is 5.60 Å². The van der Waals surface area contributed by atoms with E-state index in [2.05, 4.69) is 4.90 Å². The average molecular weight is 344 g/mol. The van der Waals surface area contributed by atoms with Crippen molar-refractivity contribution in [2.75, 3.05) is 52.5 Å². The summed E-state index contributed by atoms with van der Waals surface area (Å²) in [6.07, 6.45) is 2.52. The Morgan fingerprint density at radius 3 is 2.84 bits per heavy atom. The van der Waals surface area contributed by atoms with E-state index in [1.807, 2.05) is 30.3 Å². The van der Waals surface area contributed by atoms with Crippen molar-refractivity contribution in [3.05, 3.63) is 35.4 Å². The topological polar surface area (TPSA) is 62.2 Å². The van der Waals surface area contributed by atoms with Gasteiger partial charge >= 0.3 is 0 Å². The van der Waals surface area contributed by atoms with Crippen LogP contribution in [0.2, 0.25) is 0 Å². The Hall–Kier alpha value is -1.89. The van der Waals surface area contributed by atoms with Gasteiger partial charge in [-0.05, 0) is 18.6 Å². The lowest BCUT2D eigenvalue weighted by Gasteiger charge is -2.33. The molecule has 6 nitrogen and oxygen atoms in total. The second-order valence-electron chi connectivity index (χ2n) is 7.09. The number of benzene rings is 1. The van der Waals surface area contributed by atoms with Crippen LogP contribution in [-0.4, -0.2) is 79.0 Å². The van der Waals surface area contributed by atoms with Crippen molar-refractivity contribution in [2.24, 2.45) is 0 Å². The number of carbonyl (C=O) groups is 1. The summed E-state index contributed by atoms with van der Waals surface area (Å²) in [5, 5.41) is 10.9. The van der Waals surface area contributed by atoms with Gasteiger partial charge in [-0.2, -0.15) is 0 Å². The van der Waals surface area contributed by atoms with Crippen LogP contribution in [0, 0.1) is 0 Å². The molecule has 4 rings (SSSR count). The van der Waals surface area contributed by atoms with Gasteiger partial charge in [0.2, 0.25) is 0 Å². The summed E-state index contributed by atoms with van der Waals surface area (Å²) in [6.45, 7) is 4.94. The molecule has 2 saturated heterocycles. The minimum absolute atomic E-state index is 0.0348. The molecule has 1 atom stereocenters. The van der Waals surface area contributed by atoms with Gasteiger partial charge in [0.05, 0.1) is 30.9 Å². The molecule has 2 fully saturated rings. The zero-order chi connectivity index (χ0) is 17.3. The molecule has 1 aromatic rings. The molecule has 134 valence electrons. The summed E-state index contributed by atoms with van der Waals surface area (Å²) in [6, 6.07) is 7.71. The monoisotopic (exact) mass is 344 g/mol. The number of para-hydroxylation sites is 1. The first-order valence-corrected chi connectivity index (χ1v) is 8.87. The normalized spacial score (nSPS) is 26.8. The highest BCUT2D eigenvalue weighted by Crippen LogP contribution is 2.29. The van der Waals surface area contributed by atoms with Crippen LogP contribution in [0.3, 0.4) is 0 Å². The third-order valence-electron chi connectivity index (χ3n) is 5.15. The van der Waals surface area contributed by atoms with Crippen LogP contribution in [0.15, 0.2) is 29.8 Å². The number of aliphatic hydroxyl groups is 1. The van der Waals surface area contributed by atoms with Crippen molar-refractivity contribution in [1.29, 1.82) is 0 Å². The molecule has 0 radical (unpaired) electrons. The molecule has 0 aliphatic carbocycles. The van der Waals surface area contributed by atoms with Crippen LogP contribution in [0.4, 0.5) is 0 Å². The molecule has 1 amide bonds. The zero-order valence-electron chi connectivity index (χ0n) is 14.3. The Morgan fingerprint density at radius 2 is 2.00 bits per heavy atom. The molecule has 6 heteroatoms. The maximum Gasteiger partial charge on any atom is 0.253 e. The van der Waals surface area contributed by atoms with Crippen LogP contribution in [-0.2, 0) is 9.53 Å². The predicted octanol–water partition coefficient (Wildman–Crippen LogP) is 0.758. The highest BCUT2D eigenvalue weighted by molar-refractivity contribution is 5.99. The molecule has 0 aromatic heterocycles. The third kappa shape index (κ3) is 3.56. The SMILES string of the molecule is O=C(C1=Cc2ccccc2OC1)N1CCC(O)(CN2CCOCC2)C1. The summed E-state index contributed by atoms with van der Waals surface area (Å²) < 4.78 is 11.0. The Balaban J connectivity index is 1.41. The Bertz CT molecular complexity index is 684. The van der Waals surface area contributed by atoms with E-state index in [-0.39, 0.29) is 12.5 Å². The second kappa shape index (κ2) is 6.78. The molecule has 0 bridgehead atoms. The van der Waals surface area contributed by atoms with Gasteiger partial charge < -0.3 is 19.5 Å². The van der Waals surface area contributed by atoms with Gasteiger partial charge in [0.1, 0.15) is 12.4 Å². The molecular weight excluding hydrogens is 320 g/mol. The quantitative estimate of drug-likeness (QED) is 0.877. The Kier molecular flexibility index (Phi) is 4.50. The zero-order valence-corrected chi connectivity index (χ0v) is 14.3. The van der Waals surface area contributed by atoms with Gasteiger partial charge in [-0.3, -0.25) is 9.69 Å². The number of rotatable bonds is 3. The molecular formula is C19H24N2O4. The fourth-order valence-electron chi connectivity index (χ4n) is 3.78. The number of amides is 1. The molecule has 0 spiro atoms. The maximum atomic E-state index is 12.8. The minimum atomic E-state index is -0.832. The molecule has 3 aliphatic rings. The fourth-order valence-corrected chi connectivity index (χ4v) is 3.78. The van der Waals surface area contributed by atoms with Crippen LogP contribution < -0.4 is 4.74 Å². The molecule has 0 saturated carbocycles. The van der Waals surface area contributed by atoms with Crippen LogP contribution >= 0.6 is 0 Å². The highest BCUT2D eigenvalue weighted by Gasteiger charge is 2.40. The largest absolute Gasteiger partial charge is 0.488 e.